The predicted octanol–water partition coefficient (Wildman–Crippen LogP) is 2.61. The summed E-state index contributed by atoms with van der Waals surface area (Å²) in [6, 6.07) is 2.95. The SMILES string of the molecule is CCc1cnccc1C(NN)c1ccc(F)c(F)c1F. The van der Waals surface area contributed by atoms with Crippen molar-refractivity contribution in [3.63, 3.8) is 0 Å². The highest BCUT2D eigenvalue weighted by Crippen LogP contribution is 2.28. The molecule has 1 aromatic heterocycles. The molecule has 3 nitrogen and oxygen atoms in total. The van der Waals surface area contributed by atoms with E-state index in [1.807, 2.05) is 6.92 Å². The van der Waals surface area contributed by atoms with E-state index in [4.69, 9.17) is 5.84 Å². The number of nitrogens with one attached hydrogen (secondary N) is 1. The number of nitrogens with zero attached hydrogens (tertiary/aromatic N) is 1. The van der Waals surface area contributed by atoms with Crippen LogP contribution in [0.25, 0.3) is 0 Å². The van der Waals surface area contributed by atoms with E-state index in [0.29, 0.717) is 12.0 Å². The normalized spacial score (nSPS) is 12.4. The van der Waals surface area contributed by atoms with Crippen molar-refractivity contribution in [2.75, 3.05) is 0 Å². The van der Waals surface area contributed by atoms with Crippen LogP contribution in [0.5, 0.6) is 0 Å². The maximum absolute atomic E-state index is 13.9. The average Bonchev–Trinajstić information content (AvgIpc) is 2.48. The van der Waals surface area contributed by atoms with Crippen molar-refractivity contribution in [1.82, 2.24) is 10.4 Å². The highest BCUT2D eigenvalue weighted by atomic mass is 19.2. The Morgan fingerprint density at radius 1 is 1.15 bits per heavy atom. The van der Waals surface area contributed by atoms with Crippen molar-refractivity contribution in [3.8, 4) is 0 Å². The van der Waals surface area contributed by atoms with Gasteiger partial charge in [-0.3, -0.25) is 10.8 Å². The van der Waals surface area contributed by atoms with Crippen LogP contribution in [0.1, 0.15) is 29.7 Å². The Balaban J connectivity index is 2.56. The minimum Gasteiger partial charge on any atom is -0.271 e. The summed E-state index contributed by atoms with van der Waals surface area (Å²) in [6.45, 7) is 1.91. The van der Waals surface area contributed by atoms with Gasteiger partial charge in [0, 0.05) is 18.0 Å². The number of nitrogens with two attached hydrogens (primary N) is 1. The first-order valence-corrected chi connectivity index (χ1v) is 6.12. The van der Waals surface area contributed by atoms with Crippen molar-refractivity contribution in [2.24, 2.45) is 5.84 Å². The Morgan fingerprint density at radius 3 is 2.55 bits per heavy atom. The van der Waals surface area contributed by atoms with E-state index < -0.39 is 23.5 Å². The molecule has 1 unspecified atom stereocenters. The van der Waals surface area contributed by atoms with Gasteiger partial charge in [-0.2, -0.15) is 0 Å². The summed E-state index contributed by atoms with van der Waals surface area (Å²) in [4.78, 5) is 3.98. The van der Waals surface area contributed by atoms with E-state index in [0.717, 1.165) is 11.6 Å². The molecule has 0 aliphatic heterocycles. The molecule has 106 valence electrons. The lowest BCUT2D eigenvalue weighted by Crippen LogP contribution is -2.30. The van der Waals surface area contributed by atoms with Crippen LogP contribution < -0.4 is 11.3 Å². The molecule has 2 aromatic rings. The minimum atomic E-state index is -1.50. The third-order valence-electron chi connectivity index (χ3n) is 3.18. The number of halogens is 3. The molecule has 0 aliphatic carbocycles. The van der Waals surface area contributed by atoms with E-state index in [-0.39, 0.29) is 5.56 Å². The highest BCUT2D eigenvalue weighted by Gasteiger charge is 2.22. The van der Waals surface area contributed by atoms with Crippen LogP contribution in [0.4, 0.5) is 13.2 Å². The molecule has 6 heteroatoms. The van der Waals surface area contributed by atoms with Gasteiger partial charge in [-0.15, -0.1) is 0 Å². The van der Waals surface area contributed by atoms with Gasteiger partial charge in [-0.25, -0.2) is 18.6 Å². The molecule has 1 aromatic carbocycles. The van der Waals surface area contributed by atoms with Gasteiger partial charge in [0.1, 0.15) is 0 Å². The Labute approximate surface area is 114 Å². The number of benzene rings is 1. The van der Waals surface area contributed by atoms with E-state index in [1.54, 1.807) is 12.3 Å². The minimum absolute atomic E-state index is 0.0488. The fourth-order valence-electron chi connectivity index (χ4n) is 2.13. The van der Waals surface area contributed by atoms with E-state index >= 15 is 0 Å². The summed E-state index contributed by atoms with van der Waals surface area (Å²) in [5, 5.41) is 0. The van der Waals surface area contributed by atoms with Gasteiger partial charge in [-0.1, -0.05) is 13.0 Å². The summed E-state index contributed by atoms with van der Waals surface area (Å²) in [6.07, 6.45) is 3.83. The molecule has 0 saturated heterocycles. The van der Waals surface area contributed by atoms with Gasteiger partial charge in [0.15, 0.2) is 17.5 Å². The van der Waals surface area contributed by atoms with Gasteiger partial charge in [0.25, 0.3) is 0 Å². The lowest BCUT2D eigenvalue weighted by atomic mass is 9.94. The van der Waals surface area contributed by atoms with Crippen molar-refractivity contribution in [2.45, 2.75) is 19.4 Å². The molecule has 0 spiro atoms. The van der Waals surface area contributed by atoms with Crippen LogP contribution >= 0.6 is 0 Å². The number of hydrazine groups is 1. The third-order valence-corrected chi connectivity index (χ3v) is 3.18. The first-order chi connectivity index (χ1) is 9.60. The molecule has 0 fully saturated rings. The fourth-order valence-corrected chi connectivity index (χ4v) is 2.13. The second-order valence-corrected chi connectivity index (χ2v) is 4.29. The quantitative estimate of drug-likeness (QED) is 0.514. The molecule has 0 saturated carbocycles. The number of hydrogen-bond acceptors (Lipinski definition) is 3. The molecule has 0 bridgehead atoms. The third kappa shape index (κ3) is 2.52. The molecule has 1 atom stereocenters. The summed E-state index contributed by atoms with van der Waals surface area (Å²) in [5.41, 5.74) is 3.91. The average molecular weight is 281 g/mol. The van der Waals surface area contributed by atoms with Crippen LogP contribution in [0.2, 0.25) is 0 Å². The standard InChI is InChI=1S/C14H14F3N3/c1-2-8-7-19-6-5-9(8)14(20-18)10-3-4-11(15)13(17)12(10)16/h3-7,14,20H,2,18H2,1H3. The fraction of sp³-hybridized carbons (Fsp3) is 0.214. The second kappa shape index (κ2) is 6.02. The zero-order valence-corrected chi connectivity index (χ0v) is 10.8. The molecular weight excluding hydrogens is 267 g/mol. The summed E-state index contributed by atoms with van der Waals surface area (Å²) < 4.78 is 40.2. The number of rotatable bonds is 4. The summed E-state index contributed by atoms with van der Waals surface area (Å²) in [5.74, 6) is 1.49. The van der Waals surface area contributed by atoms with Crippen LogP contribution in [-0.2, 0) is 6.42 Å². The number of pyridine rings is 1. The number of hydrogen-bond donors (Lipinski definition) is 2. The zero-order valence-electron chi connectivity index (χ0n) is 10.8. The van der Waals surface area contributed by atoms with Gasteiger partial charge < -0.3 is 0 Å². The Morgan fingerprint density at radius 2 is 1.90 bits per heavy atom. The first kappa shape index (κ1) is 14.5. The van der Waals surface area contributed by atoms with Gasteiger partial charge >= 0.3 is 0 Å². The van der Waals surface area contributed by atoms with Crippen molar-refractivity contribution in [3.05, 3.63) is 64.7 Å². The molecule has 0 aliphatic rings. The van der Waals surface area contributed by atoms with Crippen LogP contribution in [0, 0.1) is 17.5 Å². The summed E-state index contributed by atoms with van der Waals surface area (Å²) in [7, 11) is 0. The molecular formula is C14H14F3N3. The lowest BCUT2D eigenvalue weighted by molar-refractivity contribution is 0.433. The smallest absolute Gasteiger partial charge is 0.194 e. The molecule has 2 rings (SSSR count). The molecule has 20 heavy (non-hydrogen) atoms. The van der Waals surface area contributed by atoms with Crippen molar-refractivity contribution >= 4 is 0 Å². The lowest BCUT2D eigenvalue weighted by Gasteiger charge is -2.20. The molecule has 0 amide bonds. The topological polar surface area (TPSA) is 50.9 Å². The Kier molecular flexibility index (Phi) is 4.36. The van der Waals surface area contributed by atoms with Crippen LogP contribution in [0.15, 0.2) is 30.6 Å². The van der Waals surface area contributed by atoms with Gasteiger partial charge in [-0.05, 0) is 29.7 Å². The van der Waals surface area contributed by atoms with Crippen LogP contribution in [-0.4, -0.2) is 4.98 Å². The van der Waals surface area contributed by atoms with E-state index in [9.17, 15) is 13.2 Å². The Bertz CT molecular complexity index is 617. The van der Waals surface area contributed by atoms with E-state index in [2.05, 4.69) is 10.4 Å². The largest absolute Gasteiger partial charge is 0.271 e. The van der Waals surface area contributed by atoms with Gasteiger partial charge in [0.2, 0.25) is 0 Å². The molecule has 1 heterocycles. The highest BCUT2D eigenvalue weighted by molar-refractivity contribution is 5.36. The van der Waals surface area contributed by atoms with Crippen molar-refractivity contribution in [1.29, 1.82) is 0 Å². The molecule has 0 radical (unpaired) electrons. The maximum Gasteiger partial charge on any atom is 0.194 e. The Hall–Kier alpha value is -1.92. The predicted molar refractivity (Wildman–Crippen MR) is 69.1 cm³/mol. The van der Waals surface area contributed by atoms with Gasteiger partial charge in [0.05, 0.1) is 6.04 Å². The van der Waals surface area contributed by atoms with E-state index in [1.165, 1.54) is 12.3 Å². The number of aromatic nitrogens is 1. The maximum atomic E-state index is 13.9. The first-order valence-electron chi connectivity index (χ1n) is 6.12. The number of aryl methyl sites for hydroxylation is 1. The molecule has 3 N–H and O–H groups in total. The second-order valence-electron chi connectivity index (χ2n) is 4.29. The summed E-state index contributed by atoms with van der Waals surface area (Å²) >= 11 is 0. The van der Waals surface area contributed by atoms with Crippen LogP contribution in [0.3, 0.4) is 0 Å². The monoisotopic (exact) mass is 281 g/mol. The van der Waals surface area contributed by atoms with Crippen molar-refractivity contribution < 1.29 is 13.2 Å². The zero-order chi connectivity index (χ0) is 14.7.